The predicted molar refractivity (Wildman–Crippen MR) is 135 cm³/mol. The largest absolute Gasteiger partial charge is 0.378 e. The molecule has 0 amide bonds. The van der Waals surface area contributed by atoms with Crippen LogP contribution in [0.2, 0.25) is 0 Å². The van der Waals surface area contributed by atoms with Gasteiger partial charge in [-0.05, 0) is 31.2 Å². The molecule has 0 atom stereocenters. The molecular formula is C23H23BrN8O. The average Bonchev–Trinajstić information content (AvgIpc) is 3.15. The lowest BCUT2D eigenvalue weighted by Gasteiger charge is -2.27. The molecule has 33 heavy (non-hydrogen) atoms. The van der Waals surface area contributed by atoms with E-state index in [1.807, 2.05) is 49.4 Å². The Morgan fingerprint density at radius 2 is 1.88 bits per heavy atom. The molecular weight excluding hydrogens is 484 g/mol. The second kappa shape index (κ2) is 9.55. The molecule has 3 N–H and O–H groups in total. The number of anilines is 4. The molecule has 0 aliphatic carbocycles. The van der Waals surface area contributed by atoms with Crippen LogP contribution in [0.1, 0.15) is 11.3 Å². The lowest BCUT2D eigenvalue weighted by atomic mass is 10.1. The molecule has 0 saturated carbocycles. The Kier molecular flexibility index (Phi) is 6.18. The zero-order chi connectivity index (χ0) is 22.6. The molecule has 0 spiro atoms. The summed E-state index contributed by atoms with van der Waals surface area (Å²) in [6.45, 7) is 4.75. The van der Waals surface area contributed by atoms with Crippen molar-refractivity contribution in [2.75, 3.05) is 41.9 Å². The number of aromatic amines is 1. The molecule has 168 valence electrons. The lowest BCUT2D eigenvalue weighted by molar-refractivity contribution is 0.122. The highest BCUT2D eigenvalue weighted by Gasteiger charge is 2.17. The summed E-state index contributed by atoms with van der Waals surface area (Å²) in [4.78, 5) is 19.2. The lowest BCUT2D eigenvalue weighted by Crippen LogP contribution is -2.37. The number of ether oxygens (including phenoxy) is 1. The molecule has 3 heterocycles. The first-order valence-corrected chi connectivity index (χ1v) is 11.4. The van der Waals surface area contributed by atoms with Crippen LogP contribution in [0.25, 0.3) is 10.9 Å². The van der Waals surface area contributed by atoms with Gasteiger partial charge in [-0.1, -0.05) is 40.2 Å². The van der Waals surface area contributed by atoms with Crippen molar-refractivity contribution in [3.8, 4) is 0 Å². The Morgan fingerprint density at radius 1 is 1.06 bits per heavy atom. The highest BCUT2D eigenvalue weighted by Crippen LogP contribution is 2.22. The summed E-state index contributed by atoms with van der Waals surface area (Å²) in [5.74, 6) is 1.37. The van der Waals surface area contributed by atoms with Crippen molar-refractivity contribution in [3.05, 3.63) is 64.3 Å². The van der Waals surface area contributed by atoms with Crippen molar-refractivity contribution >= 4 is 56.6 Å². The number of hydrogen-bond acceptors (Lipinski definition) is 8. The van der Waals surface area contributed by atoms with Crippen molar-refractivity contribution in [2.45, 2.75) is 6.92 Å². The zero-order valence-electron chi connectivity index (χ0n) is 18.0. The molecule has 0 radical (unpaired) electrons. The average molecular weight is 507 g/mol. The summed E-state index contributed by atoms with van der Waals surface area (Å²) in [6.07, 6.45) is 1.79. The zero-order valence-corrected chi connectivity index (χ0v) is 19.6. The molecule has 1 aliphatic heterocycles. The van der Waals surface area contributed by atoms with Crippen LogP contribution in [-0.4, -0.2) is 52.5 Å². The van der Waals surface area contributed by atoms with Crippen LogP contribution in [0.4, 0.5) is 23.5 Å². The summed E-state index contributed by atoms with van der Waals surface area (Å²) in [5, 5.41) is 8.79. The van der Waals surface area contributed by atoms with E-state index in [1.165, 1.54) is 0 Å². The van der Waals surface area contributed by atoms with Gasteiger partial charge < -0.3 is 19.9 Å². The second-order valence-electron chi connectivity index (χ2n) is 7.60. The van der Waals surface area contributed by atoms with Gasteiger partial charge in [-0.15, -0.1) is 0 Å². The normalized spacial score (nSPS) is 14.2. The number of fused-ring (bicyclic) bond motifs is 1. The molecule has 0 unspecified atom stereocenters. The molecule has 2 aromatic heterocycles. The van der Waals surface area contributed by atoms with Crippen LogP contribution < -0.4 is 15.6 Å². The van der Waals surface area contributed by atoms with E-state index in [9.17, 15) is 0 Å². The number of H-pyrrole nitrogens is 1. The molecule has 1 saturated heterocycles. The second-order valence-corrected chi connectivity index (χ2v) is 8.51. The fourth-order valence-electron chi connectivity index (χ4n) is 3.69. The number of rotatable bonds is 6. The third kappa shape index (κ3) is 4.96. The number of aryl methyl sites for hydroxylation is 1. The van der Waals surface area contributed by atoms with Crippen LogP contribution in [0.5, 0.6) is 0 Å². The van der Waals surface area contributed by atoms with Crippen molar-refractivity contribution in [3.63, 3.8) is 0 Å². The van der Waals surface area contributed by atoms with Crippen molar-refractivity contribution in [1.82, 2.24) is 19.9 Å². The van der Waals surface area contributed by atoms with Gasteiger partial charge in [0, 0.05) is 45.4 Å². The number of para-hydroxylation sites is 1. The van der Waals surface area contributed by atoms with Crippen LogP contribution in [0.15, 0.2) is 58.1 Å². The minimum Gasteiger partial charge on any atom is -0.378 e. The van der Waals surface area contributed by atoms with E-state index in [4.69, 9.17) is 4.74 Å². The van der Waals surface area contributed by atoms with E-state index in [1.54, 1.807) is 6.21 Å². The Balaban J connectivity index is 1.42. The van der Waals surface area contributed by atoms with Crippen molar-refractivity contribution < 1.29 is 4.74 Å². The third-order valence-electron chi connectivity index (χ3n) is 5.30. The number of hydrogen-bond donors (Lipinski definition) is 3. The molecule has 4 aromatic rings. The maximum absolute atomic E-state index is 5.47. The van der Waals surface area contributed by atoms with Gasteiger partial charge in [0.15, 0.2) is 0 Å². The molecule has 1 fully saturated rings. The first-order valence-electron chi connectivity index (χ1n) is 10.6. The first-order chi connectivity index (χ1) is 16.2. The number of nitrogens with zero attached hydrogens (tertiary/aromatic N) is 5. The van der Waals surface area contributed by atoms with Gasteiger partial charge in [0.2, 0.25) is 17.8 Å². The van der Waals surface area contributed by atoms with Gasteiger partial charge >= 0.3 is 0 Å². The molecule has 1 aliphatic rings. The highest BCUT2D eigenvalue weighted by molar-refractivity contribution is 9.10. The minimum atomic E-state index is 0.359. The van der Waals surface area contributed by atoms with Crippen LogP contribution in [0, 0.1) is 6.92 Å². The van der Waals surface area contributed by atoms with Gasteiger partial charge in [0.05, 0.1) is 19.4 Å². The summed E-state index contributed by atoms with van der Waals surface area (Å²) in [6, 6.07) is 16.0. The van der Waals surface area contributed by atoms with E-state index in [-0.39, 0.29) is 0 Å². The standard InChI is InChI=1S/C23H23BrN8O/c1-15-19(18-7-2-3-8-20(18)26-15)14-25-31-22-28-21(27-17-6-4-5-16(24)13-17)29-23(30-22)32-9-11-33-12-10-32/h2-8,13-14,26H,9-12H2,1H3,(H2,27,28,29,30,31)/b25-14-. The topological polar surface area (TPSA) is 103 Å². The monoisotopic (exact) mass is 506 g/mol. The van der Waals surface area contributed by atoms with Gasteiger partial charge in [0.1, 0.15) is 0 Å². The molecule has 9 nitrogen and oxygen atoms in total. The van der Waals surface area contributed by atoms with Crippen molar-refractivity contribution in [2.24, 2.45) is 5.10 Å². The Bertz CT molecular complexity index is 1300. The smallest absolute Gasteiger partial charge is 0.250 e. The predicted octanol–water partition coefficient (Wildman–Crippen LogP) is 4.45. The summed E-state index contributed by atoms with van der Waals surface area (Å²) in [7, 11) is 0. The Hall–Kier alpha value is -3.50. The quantitative estimate of drug-likeness (QED) is 0.262. The van der Waals surface area contributed by atoms with E-state index in [2.05, 4.69) is 62.7 Å². The van der Waals surface area contributed by atoms with E-state index in [0.717, 1.165) is 45.4 Å². The fourth-order valence-corrected chi connectivity index (χ4v) is 4.09. The molecule has 5 rings (SSSR count). The third-order valence-corrected chi connectivity index (χ3v) is 5.79. The highest BCUT2D eigenvalue weighted by atomic mass is 79.9. The summed E-state index contributed by atoms with van der Waals surface area (Å²) >= 11 is 3.49. The van der Waals surface area contributed by atoms with E-state index >= 15 is 0 Å². The summed E-state index contributed by atoms with van der Waals surface area (Å²) in [5.41, 5.74) is 6.99. The van der Waals surface area contributed by atoms with Gasteiger partial charge in [0.25, 0.3) is 0 Å². The van der Waals surface area contributed by atoms with Gasteiger partial charge in [-0.2, -0.15) is 20.1 Å². The van der Waals surface area contributed by atoms with Crippen LogP contribution in [0.3, 0.4) is 0 Å². The first kappa shape index (κ1) is 21.4. The number of morpholine rings is 1. The Morgan fingerprint density at radius 3 is 2.73 bits per heavy atom. The minimum absolute atomic E-state index is 0.359. The van der Waals surface area contributed by atoms with Crippen molar-refractivity contribution in [1.29, 1.82) is 0 Å². The molecule has 0 bridgehead atoms. The maximum Gasteiger partial charge on any atom is 0.250 e. The molecule has 2 aromatic carbocycles. The maximum atomic E-state index is 5.47. The number of hydrazone groups is 1. The van der Waals surface area contributed by atoms with Gasteiger partial charge in [-0.3, -0.25) is 0 Å². The molecule has 10 heteroatoms. The number of nitrogens with one attached hydrogen (secondary N) is 3. The fraction of sp³-hybridized carbons (Fsp3) is 0.217. The van der Waals surface area contributed by atoms with E-state index in [0.29, 0.717) is 31.1 Å². The summed E-state index contributed by atoms with van der Waals surface area (Å²) < 4.78 is 6.43. The van der Waals surface area contributed by atoms with Gasteiger partial charge in [-0.25, -0.2) is 5.43 Å². The number of aromatic nitrogens is 4. The SMILES string of the molecule is Cc1[nH]c2ccccc2c1/C=N\Nc1nc(Nc2cccc(Br)c2)nc(N2CCOCC2)n1. The number of halogens is 1. The Labute approximate surface area is 199 Å². The number of benzene rings is 2. The van der Waals surface area contributed by atoms with Crippen LogP contribution >= 0.6 is 15.9 Å². The van der Waals surface area contributed by atoms with E-state index < -0.39 is 0 Å². The van der Waals surface area contributed by atoms with Crippen LogP contribution in [-0.2, 0) is 4.74 Å².